The maximum Gasteiger partial charge on any atom is 0.329 e. The lowest BCUT2D eigenvalue weighted by atomic mass is 10.0. The van der Waals surface area contributed by atoms with Gasteiger partial charge in [-0.1, -0.05) is 369 Å². The second-order valence-corrected chi connectivity index (χ2v) is 25.4. The van der Waals surface area contributed by atoms with Crippen molar-refractivity contribution in [2.45, 2.75) is 407 Å². The molecule has 1 fully saturated rings. The van der Waals surface area contributed by atoms with E-state index in [1.54, 1.807) is 4.90 Å². The molecule has 0 aromatic carbocycles. The number of rotatable bonds is 65. The van der Waals surface area contributed by atoms with E-state index in [9.17, 15) is 9.59 Å². The molecule has 3 amide bonds. The van der Waals surface area contributed by atoms with E-state index in [2.05, 4.69) is 49.3 Å². The first-order chi connectivity index (χ1) is 38.0. The zero-order valence-electron chi connectivity index (χ0n) is 53.7. The number of hydrogen-bond donors (Lipinski definition) is 0. The Labute approximate surface area is 485 Å². The monoisotopic (exact) mass is 1080 g/mol. The van der Waals surface area contributed by atoms with Crippen molar-refractivity contribution in [3.05, 3.63) is 0 Å². The third-order valence-corrected chi connectivity index (χ3v) is 17.7. The minimum absolute atomic E-state index is 0.00309. The summed E-state index contributed by atoms with van der Waals surface area (Å²) in [5.41, 5.74) is 0. The molecule has 77 heavy (non-hydrogen) atoms. The highest BCUT2D eigenvalue weighted by Gasteiger charge is 2.45. The SMILES string of the molecule is CCCCCCCCCCCCCCN(CCCCCCCCCCCCCC)CN1C(=O)C(CCCCCCCCCC)N(CN(CCCCCCCCCCCCCC)CCCCCCCCCCCCCC)C1=O. The topological polar surface area (TPSA) is 47.1 Å². The Bertz CT molecular complexity index is 1140. The van der Waals surface area contributed by atoms with Crippen molar-refractivity contribution in [2.75, 3.05) is 39.5 Å². The molecule has 0 saturated carbocycles. The molecule has 0 N–H and O–H groups in total. The van der Waals surface area contributed by atoms with Crippen molar-refractivity contribution in [3.8, 4) is 0 Å². The van der Waals surface area contributed by atoms with E-state index in [4.69, 9.17) is 0 Å². The van der Waals surface area contributed by atoms with Crippen LogP contribution in [0.2, 0.25) is 0 Å². The van der Waals surface area contributed by atoms with E-state index in [0.29, 0.717) is 13.3 Å². The molecule has 1 unspecified atom stereocenters. The molecular weight excluding hydrogens is 941 g/mol. The predicted molar refractivity (Wildman–Crippen MR) is 342 cm³/mol. The summed E-state index contributed by atoms with van der Waals surface area (Å²) in [5.74, 6) is 0.100. The summed E-state index contributed by atoms with van der Waals surface area (Å²) in [6.45, 7) is 16.7. The van der Waals surface area contributed by atoms with Crippen molar-refractivity contribution in [2.24, 2.45) is 0 Å². The lowest BCUT2D eigenvalue weighted by Gasteiger charge is -2.31. The van der Waals surface area contributed by atoms with Crippen LogP contribution in [0, 0.1) is 0 Å². The van der Waals surface area contributed by atoms with Gasteiger partial charge in [-0.25, -0.2) is 9.69 Å². The largest absolute Gasteiger partial charge is 0.329 e. The molecule has 6 heteroatoms. The van der Waals surface area contributed by atoms with Crippen molar-refractivity contribution in [1.82, 2.24) is 19.6 Å². The Morgan fingerprint density at radius 2 is 0.455 bits per heavy atom. The van der Waals surface area contributed by atoms with Gasteiger partial charge in [-0.15, -0.1) is 0 Å². The highest BCUT2D eigenvalue weighted by atomic mass is 16.2. The third-order valence-electron chi connectivity index (χ3n) is 17.7. The van der Waals surface area contributed by atoms with Crippen LogP contribution >= 0.6 is 0 Å². The number of carbonyl (C=O) groups is 2. The molecule has 1 aliphatic heterocycles. The standard InChI is InChI=1S/C71H142N4O2/c1-6-11-16-21-26-31-35-39-43-48-53-58-63-72(64-59-54-49-44-40-36-32-27-22-17-12-7-2)67-74-69(62-57-52-47-30-25-20-15-10-5)70(76)75(71(74)77)68-73(65-60-55-50-45-41-37-33-28-23-18-13-8-3)66-61-56-51-46-42-38-34-29-24-19-14-9-4/h69H,6-68H2,1-5H3. The summed E-state index contributed by atoms with van der Waals surface area (Å²) in [7, 11) is 0. The molecule has 0 bridgehead atoms. The number of imide groups is 1. The summed E-state index contributed by atoms with van der Waals surface area (Å²) in [5, 5.41) is 0. The molecule has 6 nitrogen and oxygen atoms in total. The number of hydrogen-bond acceptors (Lipinski definition) is 4. The third kappa shape index (κ3) is 46.1. The first-order valence-electron chi connectivity index (χ1n) is 36.1. The first kappa shape index (κ1) is 73.9. The minimum Gasteiger partial charge on any atom is -0.299 e. The average molecular weight is 1080 g/mol. The zero-order chi connectivity index (χ0) is 55.6. The van der Waals surface area contributed by atoms with Gasteiger partial charge in [0.15, 0.2) is 0 Å². The van der Waals surface area contributed by atoms with Gasteiger partial charge in [-0.3, -0.25) is 19.5 Å². The molecule has 1 atom stereocenters. The van der Waals surface area contributed by atoms with Gasteiger partial charge in [0.2, 0.25) is 0 Å². The molecule has 0 aromatic rings. The Hall–Kier alpha value is -1.14. The number of unbranched alkanes of at least 4 members (excludes halogenated alkanes) is 51. The quantitative estimate of drug-likeness (QED) is 0.0450. The Balaban J connectivity index is 3.05. The maximum atomic E-state index is 14.9. The number of nitrogens with zero attached hydrogens (tertiary/aromatic N) is 4. The maximum absolute atomic E-state index is 14.9. The van der Waals surface area contributed by atoms with Gasteiger partial charge in [0, 0.05) is 0 Å². The van der Waals surface area contributed by atoms with Gasteiger partial charge in [-0.05, 0) is 58.3 Å². The summed E-state index contributed by atoms with van der Waals surface area (Å²) in [6.07, 6.45) is 76.0. The van der Waals surface area contributed by atoms with E-state index < -0.39 is 0 Å². The fourth-order valence-electron chi connectivity index (χ4n) is 12.4. The zero-order valence-corrected chi connectivity index (χ0v) is 53.7. The normalized spacial score (nSPS) is 14.0. The van der Waals surface area contributed by atoms with Crippen LogP contribution in [0.1, 0.15) is 401 Å². The average Bonchev–Trinajstić information content (AvgIpc) is 3.66. The minimum atomic E-state index is -0.311. The highest BCUT2D eigenvalue weighted by Crippen LogP contribution is 2.26. The van der Waals surface area contributed by atoms with Gasteiger partial charge in [0.1, 0.15) is 6.04 Å². The van der Waals surface area contributed by atoms with Crippen molar-refractivity contribution < 1.29 is 9.59 Å². The fourth-order valence-corrected chi connectivity index (χ4v) is 12.4. The summed E-state index contributed by atoms with van der Waals surface area (Å²) in [6, 6.07) is -0.308. The lowest BCUT2D eigenvalue weighted by Crippen LogP contribution is -2.46. The second kappa shape index (κ2) is 59.5. The predicted octanol–water partition coefficient (Wildman–Crippen LogP) is 23.5. The first-order valence-corrected chi connectivity index (χ1v) is 36.1. The van der Waals surface area contributed by atoms with E-state index in [0.717, 1.165) is 39.0 Å². The van der Waals surface area contributed by atoms with E-state index in [1.807, 2.05) is 0 Å². The van der Waals surface area contributed by atoms with Crippen molar-refractivity contribution in [1.29, 1.82) is 0 Å². The molecule has 1 heterocycles. The molecule has 0 spiro atoms. The van der Waals surface area contributed by atoms with E-state index >= 15 is 0 Å². The van der Waals surface area contributed by atoms with Crippen molar-refractivity contribution >= 4 is 11.9 Å². The van der Waals surface area contributed by atoms with Crippen LogP contribution in [0.5, 0.6) is 0 Å². The summed E-state index contributed by atoms with van der Waals surface area (Å²) in [4.78, 5) is 38.7. The molecule has 0 radical (unpaired) electrons. The summed E-state index contributed by atoms with van der Waals surface area (Å²) >= 11 is 0. The van der Waals surface area contributed by atoms with Gasteiger partial charge in [0.25, 0.3) is 5.91 Å². The molecule has 1 aliphatic rings. The Morgan fingerprint density at radius 1 is 0.260 bits per heavy atom. The molecule has 0 aromatic heterocycles. The lowest BCUT2D eigenvalue weighted by molar-refractivity contribution is -0.130. The molecule has 458 valence electrons. The second-order valence-electron chi connectivity index (χ2n) is 25.4. The van der Waals surface area contributed by atoms with Gasteiger partial charge < -0.3 is 0 Å². The fraction of sp³-hybridized carbons (Fsp3) is 0.972. The van der Waals surface area contributed by atoms with Crippen LogP contribution in [-0.4, -0.2) is 77.1 Å². The van der Waals surface area contributed by atoms with Gasteiger partial charge >= 0.3 is 6.03 Å². The highest BCUT2D eigenvalue weighted by molar-refractivity contribution is 6.04. The van der Waals surface area contributed by atoms with E-state index in [1.165, 1.54) is 353 Å². The number of urea groups is 1. The van der Waals surface area contributed by atoms with Gasteiger partial charge in [0.05, 0.1) is 13.3 Å². The van der Waals surface area contributed by atoms with Gasteiger partial charge in [-0.2, -0.15) is 0 Å². The van der Waals surface area contributed by atoms with Crippen LogP contribution in [0.25, 0.3) is 0 Å². The Kier molecular flexibility index (Phi) is 57.1. The van der Waals surface area contributed by atoms with E-state index in [-0.39, 0.29) is 18.0 Å². The van der Waals surface area contributed by atoms with Crippen LogP contribution in [0.15, 0.2) is 0 Å². The van der Waals surface area contributed by atoms with Crippen LogP contribution in [0.3, 0.4) is 0 Å². The van der Waals surface area contributed by atoms with Crippen molar-refractivity contribution in [3.63, 3.8) is 0 Å². The van der Waals surface area contributed by atoms with Crippen LogP contribution in [-0.2, 0) is 4.79 Å². The smallest absolute Gasteiger partial charge is 0.299 e. The van der Waals surface area contributed by atoms with Crippen LogP contribution < -0.4 is 0 Å². The number of carbonyl (C=O) groups excluding carboxylic acids is 2. The Morgan fingerprint density at radius 3 is 0.688 bits per heavy atom. The number of amides is 3. The molecular formula is C71H142N4O2. The van der Waals surface area contributed by atoms with Crippen LogP contribution in [0.4, 0.5) is 4.79 Å². The summed E-state index contributed by atoms with van der Waals surface area (Å²) < 4.78 is 0. The molecule has 1 saturated heterocycles. The molecule has 0 aliphatic carbocycles. The molecule has 1 rings (SSSR count).